The van der Waals surface area contributed by atoms with Gasteiger partial charge < -0.3 is 19.5 Å². The molecular weight excluding hydrogens is 374 g/mol. The van der Waals surface area contributed by atoms with Gasteiger partial charge in [-0.2, -0.15) is 0 Å². The van der Waals surface area contributed by atoms with Gasteiger partial charge >= 0.3 is 0 Å². The van der Waals surface area contributed by atoms with E-state index in [1.807, 2.05) is 37.3 Å². The highest BCUT2D eigenvalue weighted by molar-refractivity contribution is 9.10. The molecule has 1 N–H and O–H groups in total. The van der Waals surface area contributed by atoms with Crippen molar-refractivity contribution in [2.75, 3.05) is 32.2 Å². The number of hydrogen-bond donors (Lipinski definition) is 1. The number of benzene rings is 2. The SMILES string of the molecule is COCCOc1cccc(NC(=O)COc2ccc(C)cc2Br)c1. The number of nitrogens with one attached hydrogen (secondary N) is 1. The number of amides is 1. The molecule has 24 heavy (non-hydrogen) atoms. The third-order valence-corrected chi connectivity index (χ3v) is 3.74. The Morgan fingerprint density at radius 3 is 2.71 bits per heavy atom. The Bertz CT molecular complexity index is 690. The van der Waals surface area contributed by atoms with Gasteiger partial charge in [-0.05, 0) is 52.7 Å². The molecule has 0 radical (unpaired) electrons. The van der Waals surface area contributed by atoms with Crippen molar-refractivity contribution in [1.82, 2.24) is 0 Å². The molecule has 0 fully saturated rings. The zero-order valence-electron chi connectivity index (χ0n) is 13.7. The zero-order valence-corrected chi connectivity index (χ0v) is 15.3. The van der Waals surface area contributed by atoms with Crippen molar-refractivity contribution in [3.8, 4) is 11.5 Å². The smallest absolute Gasteiger partial charge is 0.262 e. The molecule has 0 spiro atoms. The standard InChI is InChI=1S/C18H20BrNO4/c1-13-6-7-17(16(19)10-13)24-12-18(21)20-14-4-3-5-15(11-14)23-9-8-22-2/h3-7,10-11H,8-9,12H2,1-2H3,(H,20,21). The number of halogens is 1. The second kappa shape index (κ2) is 9.30. The second-order valence-electron chi connectivity index (χ2n) is 5.14. The van der Waals surface area contributed by atoms with Crippen LogP contribution in [0.25, 0.3) is 0 Å². The Kier molecular flexibility index (Phi) is 7.08. The van der Waals surface area contributed by atoms with E-state index in [1.165, 1.54) is 0 Å². The van der Waals surface area contributed by atoms with Crippen molar-refractivity contribution in [3.63, 3.8) is 0 Å². The molecular formula is C18H20BrNO4. The Morgan fingerprint density at radius 1 is 1.12 bits per heavy atom. The van der Waals surface area contributed by atoms with Gasteiger partial charge in [-0.25, -0.2) is 0 Å². The van der Waals surface area contributed by atoms with Gasteiger partial charge in [0.15, 0.2) is 6.61 Å². The second-order valence-corrected chi connectivity index (χ2v) is 5.99. The normalized spacial score (nSPS) is 10.3. The third kappa shape index (κ3) is 5.86. The van der Waals surface area contributed by atoms with E-state index in [0.29, 0.717) is 30.4 Å². The lowest BCUT2D eigenvalue weighted by Crippen LogP contribution is -2.20. The van der Waals surface area contributed by atoms with Gasteiger partial charge in [0.1, 0.15) is 18.1 Å². The lowest BCUT2D eigenvalue weighted by Gasteiger charge is -2.11. The summed E-state index contributed by atoms with van der Waals surface area (Å²) < 4.78 is 16.8. The summed E-state index contributed by atoms with van der Waals surface area (Å²) >= 11 is 3.42. The number of ether oxygens (including phenoxy) is 3. The molecule has 0 atom stereocenters. The fraction of sp³-hybridized carbons (Fsp3) is 0.278. The lowest BCUT2D eigenvalue weighted by molar-refractivity contribution is -0.118. The topological polar surface area (TPSA) is 56.8 Å². The maximum atomic E-state index is 12.0. The number of rotatable bonds is 8. The van der Waals surface area contributed by atoms with Crippen molar-refractivity contribution in [1.29, 1.82) is 0 Å². The highest BCUT2D eigenvalue weighted by atomic mass is 79.9. The molecule has 0 aliphatic heterocycles. The Morgan fingerprint density at radius 2 is 1.96 bits per heavy atom. The molecule has 0 saturated heterocycles. The number of anilines is 1. The van der Waals surface area contributed by atoms with Gasteiger partial charge in [0, 0.05) is 18.9 Å². The van der Waals surface area contributed by atoms with Gasteiger partial charge in [-0.15, -0.1) is 0 Å². The number of carbonyl (C=O) groups is 1. The van der Waals surface area contributed by atoms with Gasteiger partial charge in [-0.3, -0.25) is 4.79 Å². The Hall–Kier alpha value is -2.05. The van der Waals surface area contributed by atoms with Crippen molar-refractivity contribution in [2.24, 2.45) is 0 Å². The average molecular weight is 394 g/mol. The van der Waals surface area contributed by atoms with Crippen LogP contribution in [-0.2, 0) is 9.53 Å². The Labute approximate surface area is 150 Å². The minimum absolute atomic E-state index is 0.0730. The van der Waals surface area contributed by atoms with E-state index in [-0.39, 0.29) is 12.5 Å². The van der Waals surface area contributed by atoms with Crippen LogP contribution in [0.2, 0.25) is 0 Å². The summed E-state index contributed by atoms with van der Waals surface area (Å²) in [6, 6.07) is 12.9. The fourth-order valence-corrected chi connectivity index (χ4v) is 2.58. The van der Waals surface area contributed by atoms with Gasteiger partial charge in [-0.1, -0.05) is 12.1 Å². The molecule has 0 saturated carbocycles. The van der Waals surface area contributed by atoms with Crippen LogP contribution >= 0.6 is 15.9 Å². The van der Waals surface area contributed by atoms with Gasteiger partial charge in [0.2, 0.25) is 0 Å². The number of aryl methyl sites for hydroxylation is 1. The maximum Gasteiger partial charge on any atom is 0.262 e. The summed E-state index contributed by atoms with van der Waals surface area (Å²) in [5, 5.41) is 2.78. The van der Waals surface area contributed by atoms with Crippen LogP contribution in [0.4, 0.5) is 5.69 Å². The summed E-state index contributed by atoms with van der Waals surface area (Å²) in [5.41, 5.74) is 1.77. The molecule has 0 aliphatic carbocycles. The highest BCUT2D eigenvalue weighted by Gasteiger charge is 2.07. The molecule has 128 valence electrons. The molecule has 2 aromatic carbocycles. The van der Waals surface area contributed by atoms with Crippen LogP contribution in [0.5, 0.6) is 11.5 Å². The van der Waals surface area contributed by atoms with E-state index in [4.69, 9.17) is 14.2 Å². The van der Waals surface area contributed by atoms with Crippen LogP contribution < -0.4 is 14.8 Å². The van der Waals surface area contributed by atoms with Gasteiger partial charge in [0.05, 0.1) is 11.1 Å². The summed E-state index contributed by atoms with van der Waals surface area (Å²) in [4.78, 5) is 12.0. The van der Waals surface area contributed by atoms with E-state index >= 15 is 0 Å². The first-order chi connectivity index (χ1) is 11.6. The van der Waals surface area contributed by atoms with Crippen molar-refractivity contribution < 1.29 is 19.0 Å². The van der Waals surface area contributed by atoms with E-state index in [0.717, 1.165) is 10.0 Å². The Balaban J connectivity index is 1.86. The largest absolute Gasteiger partial charge is 0.491 e. The predicted octanol–water partition coefficient (Wildman–Crippen LogP) is 3.80. The molecule has 2 aromatic rings. The van der Waals surface area contributed by atoms with Crippen LogP contribution in [0.3, 0.4) is 0 Å². The van der Waals surface area contributed by atoms with E-state index in [1.54, 1.807) is 19.2 Å². The summed E-state index contributed by atoms with van der Waals surface area (Å²) in [6.07, 6.45) is 0. The van der Waals surface area contributed by atoms with Crippen LogP contribution in [0.1, 0.15) is 5.56 Å². The van der Waals surface area contributed by atoms with E-state index < -0.39 is 0 Å². The maximum absolute atomic E-state index is 12.0. The minimum atomic E-state index is -0.239. The first-order valence-corrected chi connectivity index (χ1v) is 8.28. The van der Waals surface area contributed by atoms with E-state index in [2.05, 4.69) is 21.2 Å². The highest BCUT2D eigenvalue weighted by Crippen LogP contribution is 2.25. The first kappa shape index (κ1) is 18.3. The van der Waals surface area contributed by atoms with Crippen molar-refractivity contribution >= 4 is 27.5 Å². The molecule has 5 nitrogen and oxygen atoms in total. The zero-order chi connectivity index (χ0) is 17.4. The monoisotopic (exact) mass is 393 g/mol. The molecule has 0 aromatic heterocycles. The van der Waals surface area contributed by atoms with Crippen molar-refractivity contribution in [3.05, 3.63) is 52.5 Å². The van der Waals surface area contributed by atoms with Gasteiger partial charge in [0.25, 0.3) is 5.91 Å². The summed E-state index contributed by atoms with van der Waals surface area (Å²) in [5.74, 6) is 1.07. The molecule has 0 heterocycles. The van der Waals surface area contributed by atoms with Crippen molar-refractivity contribution in [2.45, 2.75) is 6.92 Å². The third-order valence-electron chi connectivity index (χ3n) is 3.12. The lowest BCUT2D eigenvalue weighted by atomic mass is 10.2. The van der Waals surface area contributed by atoms with E-state index in [9.17, 15) is 4.79 Å². The van der Waals surface area contributed by atoms with Crippen LogP contribution in [0.15, 0.2) is 46.9 Å². The minimum Gasteiger partial charge on any atom is -0.491 e. The number of methoxy groups -OCH3 is 1. The predicted molar refractivity (Wildman–Crippen MR) is 96.8 cm³/mol. The first-order valence-electron chi connectivity index (χ1n) is 7.49. The summed E-state index contributed by atoms with van der Waals surface area (Å²) in [7, 11) is 1.62. The molecule has 0 bridgehead atoms. The molecule has 0 aliphatic rings. The number of hydrogen-bond acceptors (Lipinski definition) is 4. The molecule has 6 heteroatoms. The summed E-state index contributed by atoms with van der Waals surface area (Å²) in [6.45, 7) is 2.88. The van der Waals surface area contributed by atoms with Crippen LogP contribution in [-0.4, -0.2) is 32.8 Å². The average Bonchev–Trinajstić information content (AvgIpc) is 2.55. The molecule has 2 rings (SSSR count). The fourth-order valence-electron chi connectivity index (χ4n) is 1.97. The molecule has 1 amide bonds. The number of carbonyl (C=O) groups excluding carboxylic acids is 1. The molecule has 0 unspecified atom stereocenters. The quantitative estimate of drug-likeness (QED) is 0.692. The van der Waals surface area contributed by atoms with Crippen LogP contribution in [0, 0.1) is 6.92 Å².